The van der Waals surface area contributed by atoms with E-state index >= 15 is 0 Å². The molecule has 0 fully saturated rings. The molecule has 8 heteroatoms. The van der Waals surface area contributed by atoms with E-state index < -0.39 is 27.5 Å². The number of hydrogen-bond donors (Lipinski definition) is 1. The molecule has 0 saturated heterocycles. The number of esters is 1. The molecule has 0 radical (unpaired) electrons. The highest BCUT2D eigenvalue weighted by Gasteiger charge is 2.24. The van der Waals surface area contributed by atoms with Crippen molar-refractivity contribution in [2.45, 2.75) is 18.7 Å². The third kappa shape index (κ3) is 4.23. The number of ether oxygens (including phenoxy) is 1. The summed E-state index contributed by atoms with van der Waals surface area (Å²) in [5.41, 5.74) is 1.16. The Morgan fingerprint density at radius 3 is 2.43 bits per heavy atom. The Morgan fingerprint density at radius 1 is 1.07 bits per heavy atom. The first-order chi connectivity index (χ1) is 13.3. The van der Waals surface area contributed by atoms with E-state index in [-0.39, 0.29) is 22.1 Å². The molecule has 28 heavy (non-hydrogen) atoms. The number of aryl methyl sites for hydroxylation is 1. The first-order valence-corrected chi connectivity index (χ1v) is 11.1. The average Bonchev–Trinajstić information content (AvgIpc) is 2.99. The van der Waals surface area contributed by atoms with Crippen LogP contribution in [-0.2, 0) is 19.4 Å². The van der Waals surface area contributed by atoms with Gasteiger partial charge in [-0.25, -0.2) is 13.2 Å². The summed E-state index contributed by atoms with van der Waals surface area (Å²) in [6.45, 7) is 3.73. The molecule has 1 aromatic heterocycles. The van der Waals surface area contributed by atoms with Crippen molar-refractivity contribution in [3.8, 4) is 0 Å². The molecule has 0 saturated carbocycles. The van der Waals surface area contributed by atoms with Gasteiger partial charge in [-0.1, -0.05) is 35.9 Å². The third-order valence-electron chi connectivity index (χ3n) is 4.03. The summed E-state index contributed by atoms with van der Waals surface area (Å²) < 4.78 is 30.9. The van der Waals surface area contributed by atoms with E-state index in [0.717, 1.165) is 10.3 Å². The van der Waals surface area contributed by atoms with Crippen LogP contribution in [0.1, 0.15) is 22.8 Å². The van der Waals surface area contributed by atoms with Crippen molar-refractivity contribution in [2.24, 2.45) is 0 Å². The highest BCUT2D eigenvalue weighted by atomic mass is 32.2. The second-order valence-corrected chi connectivity index (χ2v) is 9.18. The molecular weight excluding hydrogens is 398 g/mol. The molecule has 3 aromatic rings. The SMILES string of the molecule is CCOC(=O)c1c(NC(=O)CS(=O)(=O)c2ccc(C)cc2)sc2ccccc12. The molecule has 0 atom stereocenters. The molecular formula is C20H19NO5S2. The van der Waals surface area contributed by atoms with Crippen molar-refractivity contribution in [1.29, 1.82) is 0 Å². The lowest BCUT2D eigenvalue weighted by atomic mass is 10.1. The zero-order valence-corrected chi connectivity index (χ0v) is 17.0. The highest BCUT2D eigenvalue weighted by Crippen LogP contribution is 2.36. The monoisotopic (exact) mass is 417 g/mol. The smallest absolute Gasteiger partial charge is 0.341 e. The van der Waals surface area contributed by atoms with Gasteiger partial charge in [0.15, 0.2) is 9.84 Å². The second-order valence-electron chi connectivity index (χ2n) is 6.14. The summed E-state index contributed by atoms with van der Waals surface area (Å²) in [6.07, 6.45) is 0. The quantitative estimate of drug-likeness (QED) is 0.616. The van der Waals surface area contributed by atoms with Crippen LogP contribution in [0.15, 0.2) is 53.4 Å². The van der Waals surface area contributed by atoms with E-state index in [2.05, 4.69) is 5.32 Å². The first kappa shape index (κ1) is 20.0. The number of fused-ring (bicyclic) bond motifs is 1. The maximum absolute atomic E-state index is 12.5. The fourth-order valence-electron chi connectivity index (χ4n) is 2.70. The number of benzene rings is 2. The average molecular weight is 418 g/mol. The van der Waals surface area contributed by atoms with E-state index in [0.29, 0.717) is 5.39 Å². The number of thiophene rings is 1. The standard InChI is InChI=1S/C20H19NO5S2/c1-3-26-20(23)18-15-6-4-5-7-16(15)27-19(18)21-17(22)12-28(24,25)14-10-8-13(2)9-11-14/h4-11H,3,12H2,1-2H3,(H,21,22). The Labute approximate surface area is 167 Å². The number of carbonyl (C=O) groups excluding carboxylic acids is 2. The molecule has 146 valence electrons. The number of amides is 1. The molecule has 0 bridgehead atoms. The minimum Gasteiger partial charge on any atom is -0.462 e. The fraction of sp³-hybridized carbons (Fsp3) is 0.200. The van der Waals surface area contributed by atoms with Crippen molar-refractivity contribution in [3.63, 3.8) is 0 Å². The highest BCUT2D eigenvalue weighted by molar-refractivity contribution is 7.92. The van der Waals surface area contributed by atoms with Crippen molar-refractivity contribution < 1.29 is 22.7 Å². The van der Waals surface area contributed by atoms with Gasteiger partial charge >= 0.3 is 5.97 Å². The summed E-state index contributed by atoms with van der Waals surface area (Å²) in [4.78, 5) is 24.9. The van der Waals surface area contributed by atoms with Crippen LogP contribution in [0.25, 0.3) is 10.1 Å². The lowest BCUT2D eigenvalue weighted by Crippen LogP contribution is -2.23. The van der Waals surface area contributed by atoms with Gasteiger partial charge in [-0.2, -0.15) is 0 Å². The van der Waals surface area contributed by atoms with Crippen LogP contribution >= 0.6 is 11.3 Å². The maximum atomic E-state index is 12.5. The van der Waals surface area contributed by atoms with Crippen LogP contribution < -0.4 is 5.32 Å². The second kappa shape index (κ2) is 8.12. The lowest BCUT2D eigenvalue weighted by molar-refractivity contribution is -0.113. The Hall–Kier alpha value is -2.71. The Kier molecular flexibility index (Phi) is 5.81. The number of carbonyl (C=O) groups is 2. The van der Waals surface area contributed by atoms with Crippen molar-refractivity contribution in [1.82, 2.24) is 0 Å². The summed E-state index contributed by atoms with van der Waals surface area (Å²) in [6, 6.07) is 13.5. The zero-order valence-electron chi connectivity index (χ0n) is 15.4. The van der Waals surface area contributed by atoms with E-state index in [9.17, 15) is 18.0 Å². The van der Waals surface area contributed by atoms with Crippen LogP contribution in [0, 0.1) is 6.92 Å². The van der Waals surface area contributed by atoms with Gasteiger partial charge in [0.2, 0.25) is 5.91 Å². The van der Waals surface area contributed by atoms with E-state index in [4.69, 9.17) is 4.74 Å². The van der Waals surface area contributed by atoms with E-state index in [1.807, 2.05) is 19.1 Å². The molecule has 3 rings (SSSR count). The van der Waals surface area contributed by atoms with Crippen molar-refractivity contribution in [2.75, 3.05) is 17.7 Å². The van der Waals surface area contributed by atoms with Gasteiger partial charge in [0.25, 0.3) is 0 Å². The van der Waals surface area contributed by atoms with E-state index in [1.165, 1.54) is 23.5 Å². The predicted octanol–water partition coefficient (Wildman–Crippen LogP) is 3.80. The van der Waals surface area contributed by atoms with Crippen LogP contribution in [0.3, 0.4) is 0 Å². The topological polar surface area (TPSA) is 89.5 Å². The van der Waals surface area contributed by atoms with Gasteiger partial charge in [0.05, 0.1) is 11.5 Å². The zero-order chi connectivity index (χ0) is 20.3. The molecule has 1 amide bonds. The van der Waals surface area contributed by atoms with Gasteiger partial charge in [0.1, 0.15) is 16.3 Å². The Morgan fingerprint density at radius 2 is 1.75 bits per heavy atom. The number of sulfone groups is 1. The molecule has 0 spiro atoms. The van der Waals surface area contributed by atoms with Gasteiger partial charge in [-0.3, -0.25) is 4.79 Å². The molecule has 2 aromatic carbocycles. The Bertz CT molecular complexity index is 1130. The van der Waals surface area contributed by atoms with E-state index in [1.54, 1.807) is 31.2 Å². The summed E-state index contributed by atoms with van der Waals surface area (Å²) in [5.74, 6) is -1.98. The molecule has 6 nitrogen and oxygen atoms in total. The Balaban J connectivity index is 1.87. The fourth-order valence-corrected chi connectivity index (χ4v) is 4.95. The van der Waals surface area contributed by atoms with Gasteiger partial charge in [-0.05, 0) is 32.0 Å². The molecule has 1 heterocycles. The van der Waals surface area contributed by atoms with Gasteiger partial charge in [-0.15, -0.1) is 11.3 Å². The van der Waals surface area contributed by atoms with Gasteiger partial charge < -0.3 is 10.1 Å². The van der Waals surface area contributed by atoms with Crippen LogP contribution in [0.5, 0.6) is 0 Å². The summed E-state index contributed by atoms with van der Waals surface area (Å²) in [5, 5.41) is 3.51. The van der Waals surface area contributed by atoms with Gasteiger partial charge in [0, 0.05) is 10.1 Å². The van der Waals surface area contributed by atoms with Crippen LogP contribution in [0.4, 0.5) is 5.00 Å². The number of anilines is 1. The number of rotatable bonds is 6. The molecule has 0 aliphatic heterocycles. The van der Waals surface area contributed by atoms with Crippen LogP contribution in [0.2, 0.25) is 0 Å². The molecule has 1 N–H and O–H groups in total. The maximum Gasteiger partial charge on any atom is 0.341 e. The first-order valence-electron chi connectivity index (χ1n) is 8.59. The molecule has 0 aliphatic rings. The number of nitrogens with one attached hydrogen (secondary N) is 1. The summed E-state index contributed by atoms with van der Waals surface area (Å²) >= 11 is 1.20. The predicted molar refractivity (Wildman–Crippen MR) is 110 cm³/mol. The normalized spacial score (nSPS) is 11.4. The minimum atomic E-state index is -3.79. The largest absolute Gasteiger partial charge is 0.462 e. The molecule has 0 unspecified atom stereocenters. The van der Waals surface area contributed by atoms with Crippen LogP contribution in [-0.4, -0.2) is 32.7 Å². The third-order valence-corrected chi connectivity index (χ3v) is 6.75. The summed E-state index contributed by atoms with van der Waals surface area (Å²) in [7, 11) is -3.79. The minimum absolute atomic E-state index is 0.0789. The number of hydrogen-bond acceptors (Lipinski definition) is 6. The lowest BCUT2D eigenvalue weighted by Gasteiger charge is -2.08. The van der Waals surface area contributed by atoms with Crippen molar-refractivity contribution in [3.05, 3.63) is 59.7 Å². The van der Waals surface area contributed by atoms with Crippen molar-refractivity contribution >= 4 is 48.1 Å². The molecule has 0 aliphatic carbocycles.